The second kappa shape index (κ2) is 8.40. The molecule has 29 heavy (non-hydrogen) atoms. The molecule has 1 saturated heterocycles. The number of anilines is 1. The number of pyridine rings is 1. The van der Waals surface area contributed by atoms with Crippen molar-refractivity contribution in [3.63, 3.8) is 0 Å². The SMILES string of the molecule is O=C(Nc1nc(-c2cccnc2)cs1)C1CCN(S(=O)(=O)c2ccccc2)CC1. The summed E-state index contributed by atoms with van der Waals surface area (Å²) in [5.74, 6) is -0.350. The molecule has 0 aliphatic carbocycles. The molecule has 1 aliphatic rings. The highest BCUT2D eigenvalue weighted by molar-refractivity contribution is 7.89. The molecule has 150 valence electrons. The van der Waals surface area contributed by atoms with Gasteiger partial charge in [0.05, 0.1) is 10.6 Å². The Labute approximate surface area is 173 Å². The van der Waals surface area contributed by atoms with E-state index >= 15 is 0 Å². The van der Waals surface area contributed by atoms with Gasteiger partial charge in [-0.3, -0.25) is 9.78 Å². The van der Waals surface area contributed by atoms with Crippen molar-refractivity contribution in [3.05, 3.63) is 60.2 Å². The first-order chi connectivity index (χ1) is 14.0. The summed E-state index contributed by atoms with van der Waals surface area (Å²) in [6.07, 6.45) is 4.39. The molecule has 0 spiro atoms. The highest BCUT2D eigenvalue weighted by Crippen LogP contribution is 2.27. The number of carbonyl (C=O) groups excluding carboxylic acids is 1. The van der Waals surface area contributed by atoms with E-state index in [0.29, 0.717) is 31.1 Å². The lowest BCUT2D eigenvalue weighted by atomic mass is 9.97. The number of benzene rings is 1. The van der Waals surface area contributed by atoms with Crippen molar-refractivity contribution < 1.29 is 13.2 Å². The minimum atomic E-state index is -3.51. The van der Waals surface area contributed by atoms with E-state index in [4.69, 9.17) is 0 Å². The molecule has 3 aromatic rings. The zero-order valence-corrected chi connectivity index (χ0v) is 17.2. The summed E-state index contributed by atoms with van der Waals surface area (Å²) < 4.78 is 26.9. The van der Waals surface area contributed by atoms with E-state index in [1.807, 2.05) is 17.5 Å². The zero-order valence-electron chi connectivity index (χ0n) is 15.6. The fourth-order valence-corrected chi connectivity index (χ4v) is 5.50. The number of nitrogens with one attached hydrogen (secondary N) is 1. The predicted molar refractivity (Wildman–Crippen MR) is 112 cm³/mol. The van der Waals surface area contributed by atoms with Crippen molar-refractivity contribution in [2.45, 2.75) is 17.7 Å². The van der Waals surface area contributed by atoms with E-state index in [-0.39, 0.29) is 16.7 Å². The Balaban J connectivity index is 1.36. The minimum Gasteiger partial charge on any atom is -0.302 e. The van der Waals surface area contributed by atoms with Crippen molar-refractivity contribution in [2.24, 2.45) is 5.92 Å². The lowest BCUT2D eigenvalue weighted by Gasteiger charge is -2.30. The summed E-state index contributed by atoms with van der Waals surface area (Å²) in [5, 5.41) is 5.28. The van der Waals surface area contributed by atoms with Crippen molar-refractivity contribution in [1.29, 1.82) is 0 Å². The number of aromatic nitrogens is 2. The number of hydrogen-bond acceptors (Lipinski definition) is 6. The number of rotatable bonds is 5. The third-order valence-electron chi connectivity index (χ3n) is 4.90. The van der Waals surface area contributed by atoms with Crippen LogP contribution in [0, 0.1) is 5.92 Å². The van der Waals surface area contributed by atoms with E-state index in [1.165, 1.54) is 15.6 Å². The summed E-state index contributed by atoms with van der Waals surface area (Å²) in [5.41, 5.74) is 1.66. The Morgan fingerprint density at radius 1 is 1.10 bits per heavy atom. The maximum Gasteiger partial charge on any atom is 0.243 e. The molecule has 4 rings (SSSR count). The number of sulfonamides is 1. The highest BCUT2D eigenvalue weighted by Gasteiger charge is 2.32. The molecule has 3 heterocycles. The van der Waals surface area contributed by atoms with Crippen LogP contribution in [0.3, 0.4) is 0 Å². The van der Waals surface area contributed by atoms with Gasteiger partial charge in [0.15, 0.2) is 5.13 Å². The molecule has 0 saturated carbocycles. The average molecular weight is 429 g/mol. The molecule has 0 bridgehead atoms. The van der Waals surface area contributed by atoms with Crippen LogP contribution in [0.25, 0.3) is 11.3 Å². The van der Waals surface area contributed by atoms with Crippen molar-refractivity contribution in [3.8, 4) is 11.3 Å². The molecule has 1 amide bonds. The highest BCUT2D eigenvalue weighted by atomic mass is 32.2. The third kappa shape index (κ3) is 4.36. The van der Waals surface area contributed by atoms with E-state index < -0.39 is 10.0 Å². The first-order valence-electron chi connectivity index (χ1n) is 9.26. The molecule has 0 radical (unpaired) electrons. The van der Waals surface area contributed by atoms with Gasteiger partial charge in [-0.2, -0.15) is 4.31 Å². The van der Waals surface area contributed by atoms with E-state index in [2.05, 4.69) is 15.3 Å². The van der Waals surface area contributed by atoms with Crippen LogP contribution in [-0.2, 0) is 14.8 Å². The quantitative estimate of drug-likeness (QED) is 0.673. The number of carbonyl (C=O) groups is 1. The number of thiazole rings is 1. The Kier molecular flexibility index (Phi) is 5.70. The summed E-state index contributed by atoms with van der Waals surface area (Å²) in [6.45, 7) is 0.655. The normalized spacial score (nSPS) is 15.9. The second-order valence-corrected chi connectivity index (χ2v) is 9.56. The monoisotopic (exact) mass is 428 g/mol. The summed E-state index contributed by atoms with van der Waals surface area (Å²) in [7, 11) is -3.51. The van der Waals surface area contributed by atoms with Crippen LogP contribution in [0.4, 0.5) is 5.13 Å². The fourth-order valence-electron chi connectivity index (χ4n) is 3.29. The topological polar surface area (TPSA) is 92.3 Å². The summed E-state index contributed by atoms with van der Waals surface area (Å²) in [4.78, 5) is 21.4. The lowest BCUT2D eigenvalue weighted by molar-refractivity contribution is -0.120. The molecular formula is C20H20N4O3S2. The molecule has 1 fully saturated rings. The van der Waals surface area contributed by atoms with Gasteiger partial charge in [-0.15, -0.1) is 11.3 Å². The number of nitrogens with zero attached hydrogens (tertiary/aromatic N) is 3. The van der Waals surface area contributed by atoms with Gasteiger partial charge in [0, 0.05) is 42.3 Å². The first-order valence-corrected chi connectivity index (χ1v) is 11.6. The molecule has 0 atom stereocenters. The molecule has 1 aromatic carbocycles. The number of piperidine rings is 1. The van der Waals surface area contributed by atoms with Gasteiger partial charge >= 0.3 is 0 Å². The summed E-state index contributed by atoms with van der Waals surface area (Å²) in [6, 6.07) is 12.1. The zero-order chi connectivity index (χ0) is 20.3. The molecule has 0 unspecified atom stereocenters. The smallest absolute Gasteiger partial charge is 0.243 e. The van der Waals surface area contributed by atoms with Crippen LogP contribution < -0.4 is 5.32 Å². The van der Waals surface area contributed by atoms with Gasteiger partial charge < -0.3 is 5.32 Å². The molecular weight excluding hydrogens is 408 g/mol. The molecule has 9 heteroatoms. The van der Waals surface area contributed by atoms with Crippen molar-refractivity contribution in [2.75, 3.05) is 18.4 Å². The minimum absolute atomic E-state index is 0.117. The van der Waals surface area contributed by atoms with Crippen molar-refractivity contribution >= 4 is 32.4 Å². The number of hydrogen-bond donors (Lipinski definition) is 1. The Hall–Kier alpha value is -2.62. The van der Waals surface area contributed by atoms with E-state index in [1.54, 1.807) is 42.7 Å². The van der Waals surface area contributed by atoms with Gasteiger partial charge in [0.2, 0.25) is 15.9 Å². The van der Waals surface area contributed by atoms with Crippen LogP contribution in [0.1, 0.15) is 12.8 Å². The molecule has 1 aliphatic heterocycles. The standard InChI is InChI=1S/C20H20N4O3S2/c25-19(23-20-22-18(14-28-20)16-5-4-10-21-13-16)15-8-11-24(12-9-15)29(26,27)17-6-2-1-3-7-17/h1-7,10,13-15H,8-9,11-12H2,(H,22,23,25). The van der Waals surface area contributed by atoms with E-state index in [9.17, 15) is 13.2 Å². The third-order valence-corrected chi connectivity index (χ3v) is 7.57. The fraction of sp³-hybridized carbons (Fsp3) is 0.250. The van der Waals surface area contributed by atoms with Gasteiger partial charge in [0.1, 0.15) is 0 Å². The Morgan fingerprint density at radius 3 is 2.55 bits per heavy atom. The van der Waals surface area contributed by atoms with Crippen LogP contribution in [0.2, 0.25) is 0 Å². The van der Waals surface area contributed by atoms with Crippen LogP contribution in [0.5, 0.6) is 0 Å². The van der Waals surface area contributed by atoms with Crippen LogP contribution >= 0.6 is 11.3 Å². The van der Waals surface area contributed by atoms with Gasteiger partial charge in [-0.05, 0) is 37.1 Å². The van der Waals surface area contributed by atoms with Gasteiger partial charge in [0.25, 0.3) is 0 Å². The van der Waals surface area contributed by atoms with Crippen LogP contribution in [0.15, 0.2) is 65.1 Å². The second-order valence-electron chi connectivity index (χ2n) is 6.76. The predicted octanol–water partition coefficient (Wildman–Crippen LogP) is 3.24. The van der Waals surface area contributed by atoms with Gasteiger partial charge in [-0.25, -0.2) is 13.4 Å². The first kappa shape index (κ1) is 19.7. The van der Waals surface area contributed by atoms with Crippen LogP contribution in [-0.4, -0.2) is 41.7 Å². The molecule has 1 N–H and O–H groups in total. The molecule has 7 nitrogen and oxygen atoms in total. The Bertz CT molecular complexity index is 1080. The maximum absolute atomic E-state index is 12.7. The largest absolute Gasteiger partial charge is 0.302 e. The number of amides is 1. The van der Waals surface area contributed by atoms with Crippen molar-refractivity contribution in [1.82, 2.24) is 14.3 Å². The molecule has 2 aromatic heterocycles. The van der Waals surface area contributed by atoms with Gasteiger partial charge in [-0.1, -0.05) is 18.2 Å². The summed E-state index contributed by atoms with van der Waals surface area (Å²) >= 11 is 1.36. The lowest BCUT2D eigenvalue weighted by Crippen LogP contribution is -2.41. The van der Waals surface area contributed by atoms with E-state index in [0.717, 1.165) is 11.3 Å². The Morgan fingerprint density at radius 2 is 1.86 bits per heavy atom. The average Bonchev–Trinajstić information content (AvgIpc) is 3.23. The maximum atomic E-state index is 12.7.